The molecule has 0 unspecified atom stereocenters. The van der Waals surface area contributed by atoms with Gasteiger partial charge in [0.2, 0.25) is 0 Å². The van der Waals surface area contributed by atoms with Crippen LogP contribution in [-0.4, -0.2) is 23.1 Å². The van der Waals surface area contributed by atoms with E-state index in [0.717, 1.165) is 12.1 Å². The first kappa shape index (κ1) is 15.7. The molecule has 0 fully saturated rings. The van der Waals surface area contributed by atoms with Crippen LogP contribution in [0, 0.1) is 24.4 Å². The van der Waals surface area contributed by atoms with Gasteiger partial charge in [-0.3, -0.25) is 0 Å². The van der Waals surface area contributed by atoms with Crippen molar-refractivity contribution in [2.75, 3.05) is 0 Å². The maximum Gasteiger partial charge on any atom is 2.00 e. The number of halogens is 4. The van der Waals surface area contributed by atoms with Gasteiger partial charge < -0.3 is 23.9 Å². The molecule has 0 spiro atoms. The average molecular weight is 263 g/mol. The van der Waals surface area contributed by atoms with Crippen LogP contribution in [0.25, 0.3) is 0 Å². The largest absolute Gasteiger partial charge is 2.00 e. The van der Waals surface area contributed by atoms with E-state index < -0.39 is 17.5 Å². The summed E-state index contributed by atoms with van der Waals surface area (Å²) >= 11 is 0. The second kappa shape index (κ2) is 6.67. The van der Waals surface area contributed by atoms with E-state index in [4.69, 9.17) is 0 Å². The Balaban J connectivity index is 0. The minimum atomic E-state index is -1.43. The van der Waals surface area contributed by atoms with Crippen molar-refractivity contribution >= 4 is 23.1 Å². The van der Waals surface area contributed by atoms with Crippen molar-refractivity contribution in [2.24, 2.45) is 0 Å². The summed E-state index contributed by atoms with van der Waals surface area (Å²) in [6, 6.07) is 1.87. The molecule has 0 saturated carbocycles. The SMILES string of the molecule is [Br-].[CH2-]Cc1cc(F)c(F)c(F)c1.[Mg+2]. The van der Waals surface area contributed by atoms with E-state index >= 15 is 0 Å². The first-order chi connectivity index (χ1) is 5.15. The average Bonchev–Trinajstić information content (AvgIpc) is 1.99. The van der Waals surface area contributed by atoms with Crippen LogP contribution in [-0.2, 0) is 6.42 Å². The summed E-state index contributed by atoms with van der Waals surface area (Å²) < 4.78 is 37.0. The smallest absolute Gasteiger partial charge is 1.00 e. The molecular weight excluding hydrogens is 257 g/mol. The third-order valence-corrected chi connectivity index (χ3v) is 1.33. The second-order valence-corrected chi connectivity index (χ2v) is 2.12. The third-order valence-electron chi connectivity index (χ3n) is 1.33. The van der Waals surface area contributed by atoms with E-state index in [9.17, 15) is 13.2 Å². The van der Waals surface area contributed by atoms with Crippen LogP contribution < -0.4 is 17.0 Å². The molecule has 0 radical (unpaired) electrons. The summed E-state index contributed by atoms with van der Waals surface area (Å²) in [7, 11) is 0. The molecule has 1 aromatic rings. The van der Waals surface area contributed by atoms with Crippen molar-refractivity contribution in [1.82, 2.24) is 0 Å². The fourth-order valence-corrected chi connectivity index (χ4v) is 0.752. The van der Waals surface area contributed by atoms with Gasteiger partial charge in [-0.25, -0.2) is 13.2 Å². The van der Waals surface area contributed by atoms with Crippen molar-refractivity contribution in [1.29, 1.82) is 0 Å². The van der Waals surface area contributed by atoms with Gasteiger partial charge in [-0.15, -0.1) is 0 Å². The predicted octanol–water partition coefficient (Wildman–Crippen LogP) is -0.896. The van der Waals surface area contributed by atoms with Gasteiger partial charge in [0, 0.05) is 0 Å². The Morgan fingerprint density at radius 1 is 1.08 bits per heavy atom. The van der Waals surface area contributed by atoms with E-state index in [-0.39, 0.29) is 46.5 Å². The number of benzene rings is 1. The summed E-state index contributed by atoms with van der Waals surface area (Å²) in [5, 5.41) is 0. The Kier molecular flexibility index (Phi) is 8.07. The number of hydrogen-bond donors (Lipinski definition) is 0. The van der Waals surface area contributed by atoms with Crippen molar-refractivity contribution < 1.29 is 30.2 Å². The quantitative estimate of drug-likeness (QED) is 0.350. The molecule has 0 bridgehead atoms. The minimum Gasteiger partial charge on any atom is -1.00 e. The van der Waals surface area contributed by atoms with Gasteiger partial charge in [0.05, 0.1) is 0 Å². The summed E-state index contributed by atoms with van der Waals surface area (Å²) in [5.41, 5.74) is 0.349. The Morgan fingerprint density at radius 3 is 1.77 bits per heavy atom. The summed E-state index contributed by atoms with van der Waals surface area (Å²) in [5.74, 6) is -3.76. The van der Waals surface area contributed by atoms with Gasteiger partial charge in [-0.1, -0.05) is 5.56 Å². The van der Waals surface area contributed by atoms with Gasteiger partial charge in [-0.05, 0) is 12.1 Å². The predicted molar refractivity (Wildman–Crippen MR) is 41.1 cm³/mol. The van der Waals surface area contributed by atoms with Crippen LogP contribution >= 0.6 is 0 Å². The fraction of sp³-hybridized carbons (Fsp3) is 0.125. The first-order valence-electron chi connectivity index (χ1n) is 3.08. The van der Waals surface area contributed by atoms with Crippen molar-refractivity contribution in [3.8, 4) is 0 Å². The van der Waals surface area contributed by atoms with Crippen molar-refractivity contribution in [3.05, 3.63) is 42.1 Å². The molecule has 0 nitrogen and oxygen atoms in total. The van der Waals surface area contributed by atoms with E-state index in [1.165, 1.54) is 0 Å². The molecule has 1 rings (SSSR count). The Morgan fingerprint density at radius 2 is 1.46 bits per heavy atom. The van der Waals surface area contributed by atoms with Gasteiger partial charge in [0.1, 0.15) is 0 Å². The van der Waals surface area contributed by atoms with E-state index in [1.807, 2.05) is 0 Å². The minimum absolute atomic E-state index is 0. The normalized spacial score (nSPS) is 8.62. The zero-order valence-corrected chi connectivity index (χ0v) is 9.79. The molecule has 0 amide bonds. The topological polar surface area (TPSA) is 0 Å². The van der Waals surface area contributed by atoms with Gasteiger partial charge >= 0.3 is 23.1 Å². The standard InChI is InChI=1S/C8H6F3.BrH.Mg/c1-2-5-3-6(9)8(11)7(10)4-5;;/h3-4H,1-2H2;1H;/q-1;;+2/p-1. The molecular formula is C8H6BrF3Mg. The number of hydrogen-bond acceptors (Lipinski definition) is 0. The van der Waals surface area contributed by atoms with E-state index in [0.29, 0.717) is 5.56 Å². The molecule has 68 valence electrons. The zero-order valence-electron chi connectivity index (χ0n) is 6.79. The molecule has 1 aromatic carbocycles. The van der Waals surface area contributed by atoms with Gasteiger partial charge in [0.25, 0.3) is 0 Å². The van der Waals surface area contributed by atoms with Crippen LogP contribution in [0.1, 0.15) is 5.56 Å². The van der Waals surface area contributed by atoms with Gasteiger partial charge in [0.15, 0.2) is 17.5 Å². The van der Waals surface area contributed by atoms with Crippen LogP contribution in [0.15, 0.2) is 12.1 Å². The molecule has 0 N–H and O–H groups in total. The summed E-state index contributed by atoms with van der Waals surface area (Å²) in [6.07, 6.45) is 0.244. The third kappa shape index (κ3) is 3.87. The molecule has 0 heterocycles. The second-order valence-electron chi connectivity index (χ2n) is 2.12. The van der Waals surface area contributed by atoms with Crippen molar-refractivity contribution in [2.45, 2.75) is 6.42 Å². The monoisotopic (exact) mass is 262 g/mol. The maximum atomic E-state index is 12.4. The van der Waals surface area contributed by atoms with E-state index in [1.54, 1.807) is 0 Å². The molecule has 0 aromatic heterocycles. The van der Waals surface area contributed by atoms with Crippen LogP contribution in [0.2, 0.25) is 0 Å². The van der Waals surface area contributed by atoms with Crippen LogP contribution in [0.5, 0.6) is 0 Å². The number of rotatable bonds is 1. The molecule has 0 saturated heterocycles. The van der Waals surface area contributed by atoms with Gasteiger partial charge in [-0.2, -0.15) is 6.42 Å². The molecule has 5 heteroatoms. The zero-order chi connectivity index (χ0) is 8.43. The maximum absolute atomic E-state index is 12.4. The molecule has 13 heavy (non-hydrogen) atoms. The van der Waals surface area contributed by atoms with E-state index in [2.05, 4.69) is 6.92 Å². The summed E-state index contributed by atoms with van der Waals surface area (Å²) in [6.45, 7) is 3.41. The first-order valence-corrected chi connectivity index (χ1v) is 3.08. The molecule has 0 aliphatic carbocycles. The molecule has 0 atom stereocenters. The Labute approximate surface area is 101 Å². The van der Waals surface area contributed by atoms with Crippen LogP contribution in [0.4, 0.5) is 13.2 Å². The Hall–Kier alpha value is 0.256. The van der Waals surface area contributed by atoms with Crippen molar-refractivity contribution in [3.63, 3.8) is 0 Å². The summed E-state index contributed by atoms with van der Waals surface area (Å²) in [4.78, 5) is 0. The Bertz CT molecular complexity index is 255. The fourth-order valence-electron chi connectivity index (χ4n) is 0.752. The molecule has 0 aliphatic heterocycles. The van der Waals surface area contributed by atoms with Crippen LogP contribution in [0.3, 0.4) is 0 Å². The molecule has 0 aliphatic rings.